The van der Waals surface area contributed by atoms with Crippen molar-refractivity contribution in [1.29, 1.82) is 0 Å². The number of hydrogen-bond acceptors (Lipinski definition) is 4. The first-order chi connectivity index (χ1) is 14.4. The number of rotatable bonds is 10. The van der Waals surface area contributed by atoms with Crippen LogP contribution >= 0.6 is 11.3 Å². The number of benzene rings is 1. The minimum absolute atomic E-state index is 0.113. The third-order valence-electron chi connectivity index (χ3n) is 6.19. The summed E-state index contributed by atoms with van der Waals surface area (Å²) in [4.78, 5) is 25.8. The molecule has 0 unspecified atom stereocenters. The largest absolute Gasteiger partial charge is 0.482 e. The summed E-state index contributed by atoms with van der Waals surface area (Å²) in [7, 11) is 0. The molecule has 0 radical (unpaired) electrons. The molecule has 0 atom stereocenters. The van der Waals surface area contributed by atoms with E-state index in [1.54, 1.807) is 0 Å². The molecule has 0 aliphatic carbocycles. The number of thiophene rings is 1. The van der Waals surface area contributed by atoms with Gasteiger partial charge in [0, 0.05) is 27.0 Å². The standard InChI is InChI=1S/C26H36O4S/c1-8-26(9-2,19-10-11-20(17(3)14-19)30-16-24(28)29)23-15-18(4)21(31-23)12-13-22(27)25(5,6)7/h10-11,14-15H,8-9,12-13,16H2,1-7H3,(H,28,29). The number of hydrogen-bond donors (Lipinski definition) is 1. The molecule has 1 N–H and O–H groups in total. The highest BCUT2D eigenvalue weighted by atomic mass is 32.1. The van der Waals surface area contributed by atoms with Gasteiger partial charge in [-0.15, -0.1) is 11.3 Å². The van der Waals surface area contributed by atoms with Crippen LogP contribution in [0.4, 0.5) is 0 Å². The van der Waals surface area contributed by atoms with E-state index in [4.69, 9.17) is 9.84 Å². The predicted molar refractivity (Wildman–Crippen MR) is 128 cm³/mol. The number of carbonyl (C=O) groups excluding carboxylic acids is 1. The quantitative estimate of drug-likeness (QED) is 0.455. The van der Waals surface area contributed by atoms with Crippen LogP contribution in [0, 0.1) is 19.3 Å². The van der Waals surface area contributed by atoms with E-state index in [1.807, 2.05) is 45.1 Å². The molecule has 1 aromatic heterocycles. The van der Waals surface area contributed by atoms with Gasteiger partial charge in [-0.05, 0) is 61.9 Å². The Morgan fingerprint density at radius 3 is 2.19 bits per heavy atom. The smallest absolute Gasteiger partial charge is 0.341 e. The first kappa shape index (κ1) is 25.1. The number of aliphatic carboxylic acids is 1. The fourth-order valence-electron chi connectivity index (χ4n) is 4.00. The van der Waals surface area contributed by atoms with Crippen LogP contribution in [0.5, 0.6) is 5.75 Å². The SMILES string of the molecule is CCC(CC)(c1ccc(OCC(=O)O)c(C)c1)c1cc(C)c(CCC(=O)C(C)(C)C)s1. The lowest BCUT2D eigenvalue weighted by atomic mass is 9.74. The average Bonchev–Trinajstić information content (AvgIpc) is 3.06. The van der Waals surface area contributed by atoms with E-state index in [0.717, 1.165) is 24.8 Å². The Labute approximate surface area is 190 Å². The zero-order valence-corrected chi connectivity index (χ0v) is 20.7. The molecule has 0 saturated heterocycles. The third kappa shape index (κ3) is 5.76. The van der Waals surface area contributed by atoms with Crippen LogP contribution in [-0.2, 0) is 21.4 Å². The van der Waals surface area contributed by atoms with Crippen molar-refractivity contribution in [2.75, 3.05) is 6.61 Å². The molecule has 0 amide bonds. The normalized spacial score (nSPS) is 12.1. The van der Waals surface area contributed by atoms with Crippen LogP contribution in [0.15, 0.2) is 24.3 Å². The molecule has 1 aromatic carbocycles. The summed E-state index contributed by atoms with van der Waals surface area (Å²) >= 11 is 1.83. The van der Waals surface area contributed by atoms with Gasteiger partial charge in [0.2, 0.25) is 0 Å². The maximum atomic E-state index is 12.4. The van der Waals surface area contributed by atoms with E-state index in [-0.39, 0.29) is 17.4 Å². The summed E-state index contributed by atoms with van der Waals surface area (Å²) in [5.74, 6) is -0.0749. The summed E-state index contributed by atoms with van der Waals surface area (Å²) in [5, 5.41) is 8.88. The van der Waals surface area contributed by atoms with Gasteiger partial charge in [-0.25, -0.2) is 4.79 Å². The van der Waals surface area contributed by atoms with Crippen LogP contribution < -0.4 is 4.74 Å². The van der Waals surface area contributed by atoms with Crippen molar-refractivity contribution in [3.05, 3.63) is 50.7 Å². The van der Waals surface area contributed by atoms with Gasteiger partial charge in [-0.1, -0.05) is 46.8 Å². The molecule has 2 aromatic rings. The molecule has 1 heterocycles. The summed E-state index contributed by atoms with van der Waals surface area (Å²) in [5.41, 5.74) is 3.00. The molecular weight excluding hydrogens is 408 g/mol. The first-order valence-corrected chi connectivity index (χ1v) is 11.8. The molecule has 0 saturated carbocycles. The molecule has 0 fully saturated rings. The summed E-state index contributed by atoms with van der Waals surface area (Å²) < 4.78 is 5.41. The summed E-state index contributed by atoms with van der Waals surface area (Å²) in [6.07, 6.45) is 3.28. The maximum Gasteiger partial charge on any atom is 0.341 e. The lowest BCUT2D eigenvalue weighted by Gasteiger charge is -2.32. The molecule has 5 heteroatoms. The number of ether oxygens (including phenoxy) is 1. The Bertz CT molecular complexity index is 929. The van der Waals surface area contributed by atoms with Crippen molar-refractivity contribution in [3.63, 3.8) is 0 Å². The second kappa shape index (κ2) is 9.99. The Morgan fingerprint density at radius 2 is 1.68 bits per heavy atom. The van der Waals surface area contributed by atoms with E-state index in [0.29, 0.717) is 18.0 Å². The van der Waals surface area contributed by atoms with Crippen molar-refractivity contribution in [2.24, 2.45) is 5.41 Å². The van der Waals surface area contributed by atoms with Gasteiger partial charge in [0.25, 0.3) is 0 Å². The highest BCUT2D eigenvalue weighted by molar-refractivity contribution is 7.12. The molecule has 0 spiro atoms. The fraction of sp³-hybridized carbons (Fsp3) is 0.538. The number of ketones is 1. The monoisotopic (exact) mass is 444 g/mol. The number of carboxylic acid groups (broad SMARTS) is 1. The first-order valence-electron chi connectivity index (χ1n) is 11.0. The molecule has 170 valence electrons. The van der Waals surface area contributed by atoms with Crippen LogP contribution in [0.25, 0.3) is 0 Å². The molecule has 0 aliphatic heterocycles. The van der Waals surface area contributed by atoms with E-state index in [9.17, 15) is 9.59 Å². The highest BCUT2D eigenvalue weighted by Crippen LogP contribution is 2.44. The Hall–Kier alpha value is -2.14. The molecule has 31 heavy (non-hydrogen) atoms. The predicted octanol–water partition coefficient (Wildman–Crippen LogP) is 6.48. The number of carbonyl (C=O) groups is 2. The number of aryl methyl sites for hydroxylation is 3. The van der Waals surface area contributed by atoms with E-state index in [1.165, 1.54) is 20.9 Å². The second-order valence-corrected chi connectivity index (χ2v) is 10.5. The Kier molecular flexibility index (Phi) is 8.09. The molecule has 0 bridgehead atoms. The molecule has 4 nitrogen and oxygen atoms in total. The second-order valence-electron chi connectivity index (χ2n) is 9.34. The van der Waals surface area contributed by atoms with Gasteiger partial charge >= 0.3 is 5.97 Å². The Balaban J connectivity index is 2.36. The lowest BCUT2D eigenvalue weighted by Crippen LogP contribution is -2.25. The fourth-order valence-corrected chi connectivity index (χ4v) is 5.53. The maximum absolute atomic E-state index is 12.4. The van der Waals surface area contributed by atoms with Crippen LogP contribution in [-0.4, -0.2) is 23.5 Å². The van der Waals surface area contributed by atoms with E-state index in [2.05, 4.69) is 39.0 Å². The van der Waals surface area contributed by atoms with Crippen LogP contribution in [0.1, 0.15) is 80.3 Å². The topological polar surface area (TPSA) is 63.6 Å². The van der Waals surface area contributed by atoms with Crippen molar-refractivity contribution < 1.29 is 19.4 Å². The van der Waals surface area contributed by atoms with Crippen molar-refractivity contribution in [1.82, 2.24) is 0 Å². The highest BCUT2D eigenvalue weighted by Gasteiger charge is 2.33. The van der Waals surface area contributed by atoms with Gasteiger partial charge in [0.05, 0.1) is 0 Å². The van der Waals surface area contributed by atoms with E-state index >= 15 is 0 Å². The summed E-state index contributed by atoms with van der Waals surface area (Å²) in [6, 6.07) is 8.37. The van der Waals surface area contributed by atoms with Crippen LogP contribution in [0.2, 0.25) is 0 Å². The van der Waals surface area contributed by atoms with Gasteiger partial charge in [0.15, 0.2) is 6.61 Å². The number of Topliss-reactive ketones (excluding diaryl/α,β-unsaturated/α-hetero) is 1. The molecule has 2 rings (SSSR count). The average molecular weight is 445 g/mol. The zero-order valence-electron chi connectivity index (χ0n) is 19.9. The lowest BCUT2D eigenvalue weighted by molar-refractivity contribution is -0.139. The molecule has 0 aliphatic rings. The molecular formula is C26H36O4S. The summed E-state index contributed by atoms with van der Waals surface area (Å²) in [6.45, 7) is 14.1. The van der Waals surface area contributed by atoms with Gasteiger partial charge < -0.3 is 9.84 Å². The van der Waals surface area contributed by atoms with Gasteiger partial charge in [-0.3, -0.25) is 4.79 Å². The minimum Gasteiger partial charge on any atom is -0.482 e. The minimum atomic E-state index is -0.980. The van der Waals surface area contributed by atoms with Crippen molar-refractivity contribution in [2.45, 2.75) is 79.6 Å². The third-order valence-corrected chi connectivity index (χ3v) is 7.69. The zero-order chi connectivity index (χ0) is 23.4. The Morgan fingerprint density at radius 1 is 1.03 bits per heavy atom. The van der Waals surface area contributed by atoms with Crippen molar-refractivity contribution in [3.8, 4) is 5.75 Å². The van der Waals surface area contributed by atoms with Gasteiger partial charge in [-0.2, -0.15) is 0 Å². The van der Waals surface area contributed by atoms with Crippen molar-refractivity contribution >= 4 is 23.1 Å². The van der Waals surface area contributed by atoms with E-state index < -0.39 is 5.97 Å². The number of carboxylic acids is 1. The van der Waals surface area contributed by atoms with Gasteiger partial charge in [0.1, 0.15) is 11.5 Å². The van der Waals surface area contributed by atoms with Crippen LogP contribution in [0.3, 0.4) is 0 Å².